The normalized spacial score (nSPS) is 27.8. The molecule has 1 unspecified atom stereocenters. The number of alkyl halides is 3. The SMILES string of the molecule is CC(C)n1nc(-c2cnc(N)c(C(F)(F)F)c2)cc1C1[C@H]2[C@@H]1CC[C@@H]2O. The van der Waals surface area contributed by atoms with Crippen molar-refractivity contribution in [2.24, 2.45) is 11.8 Å². The number of fused-ring (bicyclic) bond motifs is 1. The van der Waals surface area contributed by atoms with Crippen LogP contribution in [0.4, 0.5) is 19.0 Å². The molecule has 0 radical (unpaired) electrons. The maximum Gasteiger partial charge on any atom is 0.419 e. The van der Waals surface area contributed by atoms with Crippen molar-refractivity contribution in [2.45, 2.75) is 50.9 Å². The standard InChI is InChI=1S/C18H21F3N4O/c1-8(2)25-13(15-10-3-4-14(26)16(10)15)6-12(24-25)9-5-11(18(19,20)21)17(22)23-7-9/h5-8,10,14-16,26H,3-4H2,1-2H3,(H2,22,23)/t10-,14+,15?,16+/m1/s1. The van der Waals surface area contributed by atoms with Crippen LogP contribution in [0, 0.1) is 11.8 Å². The van der Waals surface area contributed by atoms with Gasteiger partial charge in [-0.05, 0) is 50.7 Å². The highest BCUT2D eigenvalue weighted by molar-refractivity contribution is 5.63. The van der Waals surface area contributed by atoms with Gasteiger partial charge in [-0.3, -0.25) is 4.68 Å². The second kappa shape index (κ2) is 5.70. The summed E-state index contributed by atoms with van der Waals surface area (Å²) in [5.74, 6) is 0.380. The number of nitrogens with two attached hydrogens (primary N) is 1. The summed E-state index contributed by atoms with van der Waals surface area (Å²) in [7, 11) is 0. The fraction of sp³-hybridized carbons (Fsp3) is 0.556. The highest BCUT2D eigenvalue weighted by Crippen LogP contribution is 2.63. The summed E-state index contributed by atoms with van der Waals surface area (Å²) in [6.07, 6.45) is -1.72. The van der Waals surface area contributed by atoms with E-state index in [9.17, 15) is 18.3 Å². The smallest absolute Gasteiger partial charge is 0.393 e. The van der Waals surface area contributed by atoms with Crippen LogP contribution in [0.5, 0.6) is 0 Å². The molecule has 0 amide bonds. The van der Waals surface area contributed by atoms with Crippen LogP contribution in [0.3, 0.4) is 0 Å². The monoisotopic (exact) mass is 366 g/mol. The zero-order valence-corrected chi connectivity index (χ0v) is 14.5. The number of halogens is 3. The maximum absolute atomic E-state index is 13.1. The van der Waals surface area contributed by atoms with Gasteiger partial charge in [0.15, 0.2) is 0 Å². The zero-order chi connectivity index (χ0) is 18.8. The summed E-state index contributed by atoms with van der Waals surface area (Å²) in [5, 5.41) is 14.6. The Hall–Kier alpha value is -2.09. The molecule has 0 spiro atoms. The second-order valence-electron chi connectivity index (χ2n) is 7.56. The van der Waals surface area contributed by atoms with Crippen LogP contribution in [-0.2, 0) is 6.18 Å². The molecule has 26 heavy (non-hydrogen) atoms. The molecule has 2 aliphatic carbocycles. The molecular weight excluding hydrogens is 345 g/mol. The second-order valence-corrected chi connectivity index (χ2v) is 7.56. The average Bonchev–Trinajstić information content (AvgIpc) is 2.90. The number of anilines is 1. The minimum absolute atomic E-state index is 0.0704. The van der Waals surface area contributed by atoms with Gasteiger partial charge in [-0.1, -0.05) is 0 Å². The molecule has 2 fully saturated rings. The molecule has 2 aromatic heterocycles. The van der Waals surface area contributed by atoms with Crippen molar-refractivity contribution in [1.82, 2.24) is 14.8 Å². The Balaban J connectivity index is 1.74. The maximum atomic E-state index is 13.1. The van der Waals surface area contributed by atoms with Crippen molar-refractivity contribution in [3.8, 4) is 11.3 Å². The number of nitrogens with zero attached hydrogens (tertiary/aromatic N) is 3. The first kappa shape index (κ1) is 17.3. The minimum atomic E-state index is -4.56. The minimum Gasteiger partial charge on any atom is -0.393 e. The lowest BCUT2D eigenvalue weighted by atomic mass is 10.0. The summed E-state index contributed by atoms with van der Waals surface area (Å²) in [6.45, 7) is 3.97. The van der Waals surface area contributed by atoms with Crippen molar-refractivity contribution >= 4 is 5.82 Å². The largest absolute Gasteiger partial charge is 0.419 e. The predicted molar refractivity (Wildman–Crippen MR) is 90.2 cm³/mol. The van der Waals surface area contributed by atoms with Gasteiger partial charge in [0.05, 0.1) is 17.4 Å². The molecule has 0 aliphatic heterocycles. The lowest BCUT2D eigenvalue weighted by Gasteiger charge is -2.13. The summed E-state index contributed by atoms with van der Waals surface area (Å²) >= 11 is 0. The quantitative estimate of drug-likeness (QED) is 0.870. The first-order chi connectivity index (χ1) is 12.2. The van der Waals surface area contributed by atoms with E-state index < -0.39 is 17.6 Å². The van der Waals surface area contributed by atoms with E-state index in [4.69, 9.17) is 5.73 Å². The topological polar surface area (TPSA) is 77.0 Å². The van der Waals surface area contributed by atoms with Crippen molar-refractivity contribution in [3.05, 3.63) is 29.6 Å². The van der Waals surface area contributed by atoms with Crippen molar-refractivity contribution in [1.29, 1.82) is 0 Å². The molecule has 0 aromatic carbocycles. The number of rotatable bonds is 3. The first-order valence-corrected chi connectivity index (χ1v) is 8.79. The zero-order valence-electron chi connectivity index (χ0n) is 14.5. The fourth-order valence-corrected chi connectivity index (χ4v) is 4.32. The van der Waals surface area contributed by atoms with Crippen molar-refractivity contribution in [2.75, 3.05) is 5.73 Å². The molecule has 2 heterocycles. The van der Waals surface area contributed by atoms with Gasteiger partial charge < -0.3 is 10.8 Å². The van der Waals surface area contributed by atoms with Crippen LogP contribution in [0.25, 0.3) is 11.3 Å². The first-order valence-electron chi connectivity index (χ1n) is 8.79. The van der Waals surface area contributed by atoms with E-state index in [1.807, 2.05) is 24.6 Å². The number of hydrogen-bond donors (Lipinski definition) is 2. The molecule has 4 rings (SSSR count). The number of hydrogen-bond acceptors (Lipinski definition) is 4. The van der Waals surface area contributed by atoms with E-state index in [0.717, 1.165) is 24.6 Å². The summed E-state index contributed by atoms with van der Waals surface area (Å²) in [6, 6.07) is 2.91. The van der Waals surface area contributed by atoms with Gasteiger partial charge in [0.2, 0.25) is 0 Å². The Kier molecular flexibility index (Phi) is 3.80. The Bertz CT molecular complexity index is 845. The van der Waals surface area contributed by atoms with E-state index in [1.165, 1.54) is 6.20 Å². The van der Waals surface area contributed by atoms with Crippen LogP contribution < -0.4 is 5.73 Å². The third kappa shape index (κ3) is 2.67. The van der Waals surface area contributed by atoms with Gasteiger partial charge >= 0.3 is 6.18 Å². The number of pyridine rings is 1. The van der Waals surface area contributed by atoms with E-state index in [-0.39, 0.29) is 24.0 Å². The molecule has 5 nitrogen and oxygen atoms in total. The van der Waals surface area contributed by atoms with E-state index in [2.05, 4.69) is 10.1 Å². The average molecular weight is 366 g/mol. The predicted octanol–water partition coefficient (Wildman–Crippen LogP) is 3.61. The van der Waals surface area contributed by atoms with E-state index in [0.29, 0.717) is 17.2 Å². The lowest BCUT2D eigenvalue weighted by molar-refractivity contribution is -0.137. The Morgan fingerprint density at radius 2 is 2.00 bits per heavy atom. The summed E-state index contributed by atoms with van der Waals surface area (Å²) in [5.41, 5.74) is 6.16. The molecule has 140 valence electrons. The Morgan fingerprint density at radius 3 is 2.58 bits per heavy atom. The molecule has 3 N–H and O–H groups in total. The molecule has 2 aliphatic rings. The molecule has 0 bridgehead atoms. The molecule has 2 saturated carbocycles. The van der Waals surface area contributed by atoms with Crippen molar-refractivity contribution < 1.29 is 18.3 Å². The van der Waals surface area contributed by atoms with Crippen LogP contribution in [0.15, 0.2) is 18.3 Å². The third-order valence-corrected chi connectivity index (χ3v) is 5.58. The van der Waals surface area contributed by atoms with Gasteiger partial charge in [-0.2, -0.15) is 18.3 Å². The van der Waals surface area contributed by atoms with Gasteiger partial charge in [-0.15, -0.1) is 0 Å². The third-order valence-electron chi connectivity index (χ3n) is 5.58. The fourth-order valence-electron chi connectivity index (χ4n) is 4.32. The van der Waals surface area contributed by atoms with E-state index >= 15 is 0 Å². The number of aliphatic hydroxyl groups is 1. The van der Waals surface area contributed by atoms with Gasteiger partial charge in [0.1, 0.15) is 5.82 Å². The molecule has 4 atom stereocenters. The number of aromatic nitrogens is 3. The van der Waals surface area contributed by atoms with Gasteiger partial charge in [-0.25, -0.2) is 4.98 Å². The Labute approximate surface area is 149 Å². The number of nitrogen functional groups attached to an aromatic ring is 1. The molecule has 0 saturated heterocycles. The highest BCUT2D eigenvalue weighted by atomic mass is 19.4. The number of aliphatic hydroxyl groups excluding tert-OH is 1. The van der Waals surface area contributed by atoms with Crippen LogP contribution >= 0.6 is 0 Å². The van der Waals surface area contributed by atoms with Crippen LogP contribution in [0.1, 0.15) is 49.9 Å². The summed E-state index contributed by atoms with van der Waals surface area (Å²) < 4.78 is 41.2. The van der Waals surface area contributed by atoms with Gasteiger partial charge in [0.25, 0.3) is 0 Å². The van der Waals surface area contributed by atoms with Crippen LogP contribution in [-0.4, -0.2) is 26.0 Å². The summed E-state index contributed by atoms with van der Waals surface area (Å²) in [4.78, 5) is 3.70. The van der Waals surface area contributed by atoms with Crippen LogP contribution in [0.2, 0.25) is 0 Å². The molecule has 8 heteroatoms. The van der Waals surface area contributed by atoms with Crippen molar-refractivity contribution in [3.63, 3.8) is 0 Å². The molecular formula is C18H21F3N4O. The Morgan fingerprint density at radius 1 is 1.27 bits per heavy atom. The highest BCUT2D eigenvalue weighted by Gasteiger charge is 2.59. The van der Waals surface area contributed by atoms with E-state index in [1.54, 1.807) is 0 Å². The van der Waals surface area contributed by atoms with Gasteiger partial charge in [0, 0.05) is 29.4 Å². The molecule has 2 aromatic rings. The lowest BCUT2D eigenvalue weighted by Crippen LogP contribution is -2.12.